The van der Waals surface area contributed by atoms with Crippen LogP contribution in [0.2, 0.25) is 0 Å². The molecule has 1 aromatic carbocycles. The Balaban J connectivity index is 2.53. The van der Waals surface area contributed by atoms with E-state index in [2.05, 4.69) is 5.32 Å². The van der Waals surface area contributed by atoms with E-state index in [-0.39, 0.29) is 5.69 Å². The minimum Gasteiger partial charge on any atom is -0.382 e. The van der Waals surface area contributed by atoms with Gasteiger partial charge in [-0.1, -0.05) is 19.1 Å². The largest absolute Gasteiger partial charge is 0.418 e. The molecule has 5 heteroatoms. The van der Waals surface area contributed by atoms with Crippen LogP contribution in [0.4, 0.5) is 18.9 Å². The SMILES string of the molecule is CCCOCCNc1ccccc1C(F)(F)F. The molecule has 0 spiro atoms. The molecule has 0 atom stereocenters. The molecule has 0 unspecified atom stereocenters. The van der Waals surface area contributed by atoms with Crippen LogP contribution in [0.3, 0.4) is 0 Å². The number of nitrogens with one attached hydrogen (secondary N) is 1. The molecule has 0 bridgehead atoms. The second-order valence-electron chi connectivity index (χ2n) is 3.58. The fraction of sp³-hybridized carbons (Fsp3) is 0.500. The van der Waals surface area contributed by atoms with Gasteiger partial charge in [0, 0.05) is 18.8 Å². The monoisotopic (exact) mass is 247 g/mol. The van der Waals surface area contributed by atoms with Gasteiger partial charge in [-0.2, -0.15) is 13.2 Å². The first-order valence-corrected chi connectivity index (χ1v) is 5.53. The zero-order valence-corrected chi connectivity index (χ0v) is 9.68. The van der Waals surface area contributed by atoms with Crippen LogP contribution in [0.25, 0.3) is 0 Å². The van der Waals surface area contributed by atoms with Crippen molar-refractivity contribution < 1.29 is 17.9 Å². The van der Waals surface area contributed by atoms with Gasteiger partial charge in [-0.3, -0.25) is 0 Å². The fourth-order valence-corrected chi connectivity index (χ4v) is 1.39. The average Bonchev–Trinajstić information content (AvgIpc) is 2.28. The summed E-state index contributed by atoms with van der Waals surface area (Å²) < 4.78 is 43.0. The quantitative estimate of drug-likeness (QED) is 0.776. The van der Waals surface area contributed by atoms with Crippen molar-refractivity contribution in [2.45, 2.75) is 19.5 Å². The third-order valence-electron chi connectivity index (χ3n) is 2.14. The van der Waals surface area contributed by atoms with Gasteiger partial charge in [-0.15, -0.1) is 0 Å². The summed E-state index contributed by atoms with van der Waals surface area (Å²) in [6, 6.07) is 5.43. The molecular formula is C12H16F3NO. The van der Waals surface area contributed by atoms with E-state index in [0.29, 0.717) is 19.8 Å². The summed E-state index contributed by atoms with van der Waals surface area (Å²) in [4.78, 5) is 0. The van der Waals surface area contributed by atoms with E-state index in [1.807, 2.05) is 6.92 Å². The number of anilines is 1. The highest BCUT2D eigenvalue weighted by Gasteiger charge is 2.32. The lowest BCUT2D eigenvalue weighted by Gasteiger charge is -2.14. The molecule has 1 aromatic rings. The molecule has 0 aromatic heterocycles. The van der Waals surface area contributed by atoms with Crippen molar-refractivity contribution in [1.29, 1.82) is 0 Å². The molecule has 0 aliphatic rings. The number of ether oxygens (including phenoxy) is 1. The Morgan fingerprint density at radius 1 is 1.18 bits per heavy atom. The molecule has 1 N–H and O–H groups in total. The minimum atomic E-state index is -4.33. The summed E-state index contributed by atoms with van der Waals surface area (Å²) in [5.74, 6) is 0. The smallest absolute Gasteiger partial charge is 0.382 e. The highest BCUT2D eigenvalue weighted by molar-refractivity contribution is 5.52. The van der Waals surface area contributed by atoms with Crippen molar-refractivity contribution in [1.82, 2.24) is 0 Å². The van der Waals surface area contributed by atoms with Gasteiger partial charge in [0.15, 0.2) is 0 Å². The van der Waals surface area contributed by atoms with Crippen LogP contribution in [-0.4, -0.2) is 19.8 Å². The molecule has 0 amide bonds. The second kappa shape index (κ2) is 6.49. The number of hydrogen-bond acceptors (Lipinski definition) is 2. The first-order chi connectivity index (χ1) is 8.05. The van der Waals surface area contributed by atoms with E-state index in [1.165, 1.54) is 12.1 Å². The summed E-state index contributed by atoms with van der Waals surface area (Å²) >= 11 is 0. The second-order valence-corrected chi connectivity index (χ2v) is 3.58. The van der Waals surface area contributed by atoms with E-state index >= 15 is 0 Å². The molecule has 1 rings (SSSR count). The third-order valence-corrected chi connectivity index (χ3v) is 2.14. The zero-order valence-electron chi connectivity index (χ0n) is 9.68. The van der Waals surface area contributed by atoms with Crippen LogP contribution in [0.15, 0.2) is 24.3 Å². The highest BCUT2D eigenvalue weighted by atomic mass is 19.4. The van der Waals surface area contributed by atoms with Crippen molar-refractivity contribution in [3.63, 3.8) is 0 Å². The van der Waals surface area contributed by atoms with E-state index in [1.54, 1.807) is 6.07 Å². The van der Waals surface area contributed by atoms with Gasteiger partial charge in [0.25, 0.3) is 0 Å². The predicted octanol–water partition coefficient (Wildman–Crippen LogP) is 3.54. The van der Waals surface area contributed by atoms with Crippen molar-refractivity contribution in [3.05, 3.63) is 29.8 Å². The number of benzene rings is 1. The molecule has 0 heterocycles. The molecule has 0 aliphatic heterocycles. The normalized spacial score (nSPS) is 11.5. The lowest BCUT2D eigenvalue weighted by molar-refractivity contribution is -0.137. The molecule has 0 fully saturated rings. The number of rotatable bonds is 6. The first kappa shape index (κ1) is 13.8. The maximum absolute atomic E-state index is 12.6. The van der Waals surface area contributed by atoms with Gasteiger partial charge in [0.2, 0.25) is 0 Å². The first-order valence-electron chi connectivity index (χ1n) is 5.53. The Hall–Kier alpha value is -1.23. The van der Waals surface area contributed by atoms with Crippen LogP contribution < -0.4 is 5.32 Å². The van der Waals surface area contributed by atoms with E-state index < -0.39 is 11.7 Å². The minimum absolute atomic E-state index is 0.0973. The Labute approximate surface area is 98.8 Å². The highest BCUT2D eigenvalue weighted by Crippen LogP contribution is 2.34. The summed E-state index contributed by atoms with van der Waals surface area (Å²) in [5, 5.41) is 2.73. The average molecular weight is 247 g/mol. The topological polar surface area (TPSA) is 21.3 Å². The van der Waals surface area contributed by atoms with Crippen LogP contribution in [-0.2, 0) is 10.9 Å². The lowest BCUT2D eigenvalue weighted by Crippen LogP contribution is -2.14. The third kappa shape index (κ3) is 4.65. The van der Waals surface area contributed by atoms with Gasteiger partial charge < -0.3 is 10.1 Å². The van der Waals surface area contributed by atoms with Crippen molar-refractivity contribution in [2.24, 2.45) is 0 Å². The van der Waals surface area contributed by atoms with Crippen LogP contribution in [0.5, 0.6) is 0 Å². The molecule has 96 valence electrons. The Bertz CT molecular complexity index is 339. The van der Waals surface area contributed by atoms with Crippen LogP contribution >= 0.6 is 0 Å². The maximum atomic E-state index is 12.6. The molecule has 17 heavy (non-hydrogen) atoms. The lowest BCUT2D eigenvalue weighted by atomic mass is 10.1. The van der Waals surface area contributed by atoms with Gasteiger partial charge in [0.1, 0.15) is 0 Å². The van der Waals surface area contributed by atoms with E-state index in [9.17, 15) is 13.2 Å². The van der Waals surface area contributed by atoms with Gasteiger partial charge >= 0.3 is 6.18 Å². The summed E-state index contributed by atoms with van der Waals surface area (Å²) in [5.41, 5.74) is -0.546. The van der Waals surface area contributed by atoms with Crippen molar-refractivity contribution in [3.8, 4) is 0 Å². The number of para-hydroxylation sites is 1. The van der Waals surface area contributed by atoms with Crippen LogP contribution in [0.1, 0.15) is 18.9 Å². The van der Waals surface area contributed by atoms with E-state index in [4.69, 9.17) is 4.74 Å². The molecular weight excluding hydrogens is 231 g/mol. The fourth-order valence-electron chi connectivity index (χ4n) is 1.39. The standard InChI is InChI=1S/C12H16F3NO/c1-2-8-17-9-7-16-11-6-4-3-5-10(11)12(13,14)15/h3-6,16H,2,7-9H2,1H3. The molecule has 0 aliphatic carbocycles. The molecule has 0 saturated carbocycles. The number of alkyl halides is 3. The van der Waals surface area contributed by atoms with Crippen molar-refractivity contribution in [2.75, 3.05) is 25.1 Å². The molecule has 0 radical (unpaired) electrons. The summed E-state index contributed by atoms with van der Waals surface area (Å²) in [6.07, 6.45) is -3.42. The Morgan fingerprint density at radius 2 is 1.88 bits per heavy atom. The predicted molar refractivity (Wildman–Crippen MR) is 61.0 cm³/mol. The summed E-state index contributed by atoms with van der Waals surface area (Å²) in [7, 11) is 0. The molecule has 0 saturated heterocycles. The van der Waals surface area contributed by atoms with Crippen molar-refractivity contribution >= 4 is 5.69 Å². The van der Waals surface area contributed by atoms with Crippen LogP contribution in [0, 0.1) is 0 Å². The summed E-state index contributed by atoms with van der Waals surface area (Å²) in [6.45, 7) is 3.38. The number of halogens is 3. The van der Waals surface area contributed by atoms with Gasteiger partial charge in [0.05, 0.1) is 12.2 Å². The zero-order chi connectivity index (χ0) is 12.7. The van der Waals surface area contributed by atoms with Gasteiger partial charge in [-0.05, 0) is 18.6 Å². The molecule has 2 nitrogen and oxygen atoms in total. The van der Waals surface area contributed by atoms with E-state index in [0.717, 1.165) is 12.5 Å². The van der Waals surface area contributed by atoms with Gasteiger partial charge in [-0.25, -0.2) is 0 Å². The Morgan fingerprint density at radius 3 is 2.53 bits per heavy atom. The number of hydrogen-bond donors (Lipinski definition) is 1. The Kier molecular flexibility index (Phi) is 5.28. The maximum Gasteiger partial charge on any atom is 0.418 e.